The largest absolute Gasteiger partial charge is 0.415 e. The fourth-order valence-electron chi connectivity index (χ4n) is 4.64. The summed E-state index contributed by atoms with van der Waals surface area (Å²) >= 11 is 0. The highest BCUT2D eigenvalue weighted by atomic mass is 28.4. The first-order chi connectivity index (χ1) is 15.6. The molecule has 0 aromatic heterocycles. The van der Waals surface area contributed by atoms with Crippen LogP contribution < -0.4 is 0 Å². The Morgan fingerprint density at radius 2 is 1.55 bits per heavy atom. The van der Waals surface area contributed by atoms with E-state index in [1.165, 1.54) is 5.56 Å². The molecule has 1 aliphatic heterocycles. The van der Waals surface area contributed by atoms with E-state index in [-0.39, 0.29) is 17.1 Å². The molecule has 0 radical (unpaired) electrons. The van der Waals surface area contributed by atoms with Crippen molar-refractivity contribution in [3.8, 4) is 0 Å². The van der Waals surface area contributed by atoms with Crippen molar-refractivity contribution in [2.75, 3.05) is 13.2 Å². The first-order valence-corrected chi connectivity index (χ1v) is 15.4. The van der Waals surface area contributed by atoms with E-state index >= 15 is 0 Å². The van der Waals surface area contributed by atoms with Crippen LogP contribution >= 0.6 is 0 Å². The van der Waals surface area contributed by atoms with E-state index in [9.17, 15) is 5.11 Å². The second-order valence-electron chi connectivity index (χ2n) is 10.8. The van der Waals surface area contributed by atoms with Crippen molar-refractivity contribution in [3.63, 3.8) is 0 Å². The lowest BCUT2D eigenvalue weighted by Crippen LogP contribution is -2.48. The van der Waals surface area contributed by atoms with Gasteiger partial charge in [0.15, 0.2) is 8.32 Å². The van der Waals surface area contributed by atoms with Crippen LogP contribution in [0.25, 0.3) is 0 Å². The maximum atomic E-state index is 11.0. The molecule has 4 heteroatoms. The van der Waals surface area contributed by atoms with Gasteiger partial charge in [-0.1, -0.05) is 101 Å². The molecule has 3 rings (SSSR count). The SMILES string of the molecule is CC(C)C(C)(C)[Si](C)(C)OC[C@H](c1ccccc1)N1CC=CC[C@H]1CC(O)c1ccccc1. The number of benzene rings is 2. The first kappa shape index (κ1) is 25.9. The highest BCUT2D eigenvalue weighted by Crippen LogP contribution is 2.45. The fraction of sp³-hybridized carbons (Fsp3) is 0.517. The summed E-state index contributed by atoms with van der Waals surface area (Å²) in [4.78, 5) is 2.55. The van der Waals surface area contributed by atoms with Gasteiger partial charge in [-0.3, -0.25) is 4.90 Å². The average Bonchev–Trinajstić information content (AvgIpc) is 2.81. The van der Waals surface area contributed by atoms with Gasteiger partial charge < -0.3 is 9.53 Å². The normalized spacial score (nSPS) is 19.6. The van der Waals surface area contributed by atoms with E-state index in [0.29, 0.717) is 12.5 Å². The van der Waals surface area contributed by atoms with Gasteiger partial charge in [0.1, 0.15) is 0 Å². The molecule has 1 N–H and O–H groups in total. The number of hydrogen-bond acceptors (Lipinski definition) is 3. The maximum Gasteiger partial charge on any atom is 0.192 e. The Balaban J connectivity index is 1.84. The predicted octanol–water partition coefficient (Wildman–Crippen LogP) is 7.14. The van der Waals surface area contributed by atoms with Gasteiger partial charge >= 0.3 is 0 Å². The molecule has 2 aromatic carbocycles. The molecule has 0 spiro atoms. The second-order valence-corrected chi connectivity index (χ2v) is 15.4. The smallest absolute Gasteiger partial charge is 0.192 e. The molecule has 1 aliphatic rings. The van der Waals surface area contributed by atoms with Gasteiger partial charge in [0.25, 0.3) is 0 Å². The van der Waals surface area contributed by atoms with Crippen molar-refractivity contribution in [1.82, 2.24) is 4.90 Å². The molecule has 0 saturated heterocycles. The summed E-state index contributed by atoms with van der Waals surface area (Å²) in [6.07, 6.45) is 5.74. The van der Waals surface area contributed by atoms with Gasteiger partial charge in [-0.2, -0.15) is 0 Å². The van der Waals surface area contributed by atoms with Crippen LogP contribution in [0.2, 0.25) is 18.1 Å². The molecule has 0 bridgehead atoms. The average molecular weight is 466 g/mol. The zero-order valence-electron chi connectivity index (χ0n) is 21.4. The number of hydrogen-bond donors (Lipinski definition) is 1. The number of aliphatic hydroxyl groups is 1. The lowest BCUT2D eigenvalue weighted by atomic mass is 9.94. The summed E-state index contributed by atoms with van der Waals surface area (Å²) in [6, 6.07) is 21.2. The van der Waals surface area contributed by atoms with Crippen LogP contribution in [0.3, 0.4) is 0 Å². The summed E-state index contributed by atoms with van der Waals surface area (Å²) in [5.74, 6) is 0.570. The monoisotopic (exact) mass is 465 g/mol. The molecule has 0 fully saturated rings. The highest BCUT2D eigenvalue weighted by Gasteiger charge is 2.44. The molecule has 2 aromatic rings. The Morgan fingerprint density at radius 3 is 2.12 bits per heavy atom. The molecule has 0 amide bonds. The Morgan fingerprint density at radius 1 is 0.970 bits per heavy atom. The topological polar surface area (TPSA) is 32.7 Å². The van der Waals surface area contributed by atoms with Crippen molar-refractivity contribution in [3.05, 3.63) is 83.9 Å². The minimum Gasteiger partial charge on any atom is -0.415 e. The lowest BCUT2D eigenvalue weighted by Gasteiger charge is -2.45. The summed E-state index contributed by atoms with van der Waals surface area (Å²) in [7, 11) is -1.95. The van der Waals surface area contributed by atoms with Gasteiger partial charge in [-0.25, -0.2) is 0 Å². The standard InChI is InChI=1S/C29H43NO2Si/c1-23(2)29(3,4)33(5,6)32-22-27(24-15-9-7-10-16-24)30-20-14-13-19-26(30)21-28(31)25-17-11-8-12-18-25/h7-18,23,26-28,31H,19-22H2,1-6H3/t26-,27+,28?/m0/s1. The zero-order chi connectivity index (χ0) is 24.1. The lowest BCUT2D eigenvalue weighted by molar-refractivity contribution is 0.0548. The molecule has 0 aliphatic carbocycles. The quantitative estimate of drug-likeness (QED) is 0.299. The van der Waals surface area contributed by atoms with Gasteiger partial charge in [-0.05, 0) is 48.0 Å². The Hall–Kier alpha value is -1.72. The summed E-state index contributed by atoms with van der Waals surface area (Å²) in [6.45, 7) is 15.6. The van der Waals surface area contributed by atoms with Gasteiger partial charge in [0, 0.05) is 12.6 Å². The Kier molecular flexibility index (Phi) is 8.74. The van der Waals surface area contributed by atoms with Crippen LogP contribution in [0, 0.1) is 5.92 Å². The first-order valence-electron chi connectivity index (χ1n) is 12.5. The summed E-state index contributed by atoms with van der Waals surface area (Å²) in [5.41, 5.74) is 2.28. The summed E-state index contributed by atoms with van der Waals surface area (Å²) < 4.78 is 6.87. The Labute approximate surface area is 202 Å². The highest BCUT2D eigenvalue weighted by molar-refractivity contribution is 6.74. The van der Waals surface area contributed by atoms with Crippen molar-refractivity contribution < 1.29 is 9.53 Å². The van der Waals surface area contributed by atoms with Crippen molar-refractivity contribution in [2.24, 2.45) is 5.92 Å². The molecule has 3 atom stereocenters. The molecular weight excluding hydrogens is 422 g/mol. The fourth-order valence-corrected chi connectivity index (χ4v) is 6.98. The molecule has 1 unspecified atom stereocenters. The number of rotatable bonds is 10. The van der Waals surface area contributed by atoms with Crippen LogP contribution in [-0.2, 0) is 4.43 Å². The van der Waals surface area contributed by atoms with E-state index in [0.717, 1.165) is 24.9 Å². The van der Waals surface area contributed by atoms with E-state index < -0.39 is 14.4 Å². The molecule has 1 heterocycles. The third kappa shape index (κ3) is 6.24. The zero-order valence-corrected chi connectivity index (χ0v) is 22.4. The van der Waals surface area contributed by atoms with E-state index in [1.54, 1.807) is 0 Å². The number of nitrogens with zero attached hydrogens (tertiary/aromatic N) is 1. The van der Waals surface area contributed by atoms with Crippen LogP contribution in [0.1, 0.15) is 63.8 Å². The van der Waals surface area contributed by atoms with Crippen LogP contribution in [0.5, 0.6) is 0 Å². The van der Waals surface area contributed by atoms with Gasteiger partial charge in [0.05, 0.1) is 18.8 Å². The van der Waals surface area contributed by atoms with Gasteiger partial charge in [-0.15, -0.1) is 0 Å². The van der Waals surface area contributed by atoms with Crippen molar-refractivity contribution in [1.29, 1.82) is 0 Å². The maximum absolute atomic E-state index is 11.0. The van der Waals surface area contributed by atoms with Crippen LogP contribution in [-0.4, -0.2) is 37.5 Å². The third-order valence-electron chi connectivity index (χ3n) is 8.22. The van der Waals surface area contributed by atoms with Crippen molar-refractivity contribution >= 4 is 8.32 Å². The summed E-state index contributed by atoms with van der Waals surface area (Å²) in [5, 5.41) is 11.2. The van der Waals surface area contributed by atoms with Crippen LogP contribution in [0.15, 0.2) is 72.8 Å². The minimum atomic E-state index is -1.95. The molecule has 0 saturated carbocycles. The Bertz CT molecular complexity index is 879. The molecule has 3 nitrogen and oxygen atoms in total. The second kappa shape index (κ2) is 11.1. The van der Waals surface area contributed by atoms with Gasteiger partial charge in [0.2, 0.25) is 0 Å². The van der Waals surface area contributed by atoms with E-state index in [1.807, 2.05) is 30.3 Å². The van der Waals surface area contributed by atoms with Crippen LogP contribution in [0.4, 0.5) is 0 Å². The molecule has 180 valence electrons. The van der Waals surface area contributed by atoms with E-state index in [2.05, 4.69) is 88.2 Å². The molecular formula is C29H43NO2Si. The minimum absolute atomic E-state index is 0.166. The van der Waals surface area contributed by atoms with Crippen molar-refractivity contribution in [2.45, 2.75) is 76.9 Å². The number of aliphatic hydroxyl groups excluding tert-OH is 1. The third-order valence-corrected chi connectivity index (χ3v) is 12.8. The van der Waals surface area contributed by atoms with E-state index in [4.69, 9.17) is 4.43 Å². The molecule has 33 heavy (non-hydrogen) atoms. The predicted molar refractivity (Wildman–Crippen MR) is 142 cm³/mol.